The van der Waals surface area contributed by atoms with Crippen LogP contribution >= 0.6 is 0 Å². The minimum absolute atomic E-state index is 0.140. The first kappa shape index (κ1) is 15.0. The van der Waals surface area contributed by atoms with E-state index in [1.165, 1.54) is 6.20 Å². The highest BCUT2D eigenvalue weighted by Crippen LogP contribution is 2.12. The summed E-state index contributed by atoms with van der Waals surface area (Å²) in [5.74, 6) is -0.274. The number of aromatic nitrogens is 4. The molecule has 118 valence electrons. The van der Waals surface area contributed by atoms with E-state index in [4.69, 9.17) is 0 Å². The molecule has 0 bridgehead atoms. The Morgan fingerprint density at radius 2 is 2.00 bits per heavy atom. The molecule has 1 amide bonds. The molecule has 0 saturated heterocycles. The Hall–Kier alpha value is -2.96. The Kier molecular flexibility index (Phi) is 3.92. The maximum Gasteiger partial charge on any atom is 0.367 e. The van der Waals surface area contributed by atoms with E-state index in [0.29, 0.717) is 5.65 Å². The molecular formula is C16H17N5O2. The van der Waals surface area contributed by atoms with Crippen molar-refractivity contribution in [3.8, 4) is 0 Å². The Labute approximate surface area is 132 Å². The highest BCUT2D eigenvalue weighted by atomic mass is 16.2. The summed E-state index contributed by atoms with van der Waals surface area (Å²) < 4.78 is 2.27. The number of hydrogen-bond acceptors (Lipinski definition) is 4. The first-order chi connectivity index (χ1) is 11.0. The lowest BCUT2D eigenvalue weighted by Gasteiger charge is -2.14. The fraction of sp³-hybridized carbons (Fsp3) is 0.250. The van der Waals surface area contributed by atoms with Crippen LogP contribution in [0.4, 0.5) is 0 Å². The van der Waals surface area contributed by atoms with Crippen LogP contribution in [-0.2, 0) is 11.3 Å². The van der Waals surface area contributed by atoms with Gasteiger partial charge in [0.15, 0.2) is 5.65 Å². The topological polar surface area (TPSA) is 81.3 Å². The van der Waals surface area contributed by atoms with Crippen LogP contribution in [0.25, 0.3) is 5.65 Å². The summed E-state index contributed by atoms with van der Waals surface area (Å²) >= 11 is 0. The van der Waals surface area contributed by atoms with Gasteiger partial charge in [-0.1, -0.05) is 29.8 Å². The standard InChI is InChI=1S/C16H17N5O2/c1-11-5-7-13(8-6-11)12(2)18-15(22)10-20-16(23)21-14(19-20)4-3-9-17-21/h3-9,12H,10H2,1-2H3,(H,18,22)/t12-/m0/s1. The van der Waals surface area contributed by atoms with E-state index < -0.39 is 5.69 Å². The molecule has 7 heteroatoms. The third-order valence-electron chi connectivity index (χ3n) is 3.60. The molecule has 2 heterocycles. The van der Waals surface area contributed by atoms with Crippen molar-refractivity contribution >= 4 is 11.6 Å². The molecule has 0 unspecified atom stereocenters. The summed E-state index contributed by atoms with van der Waals surface area (Å²) in [4.78, 5) is 24.2. The van der Waals surface area contributed by atoms with Crippen LogP contribution in [-0.4, -0.2) is 25.3 Å². The third kappa shape index (κ3) is 3.13. The second kappa shape index (κ2) is 6.04. The van der Waals surface area contributed by atoms with Gasteiger partial charge in [-0.15, -0.1) is 5.10 Å². The molecule has 0 radical (unpaired) electrons. The van der Waals surface area contributed by atoms with Crippen molar-refractivity contribution in [1.82, 2.24) is 24.7 Å². The third-order valence-corrected chi connectivity index (χ3v) is 3.60. The van der Waals surface area contributed by atoms with Crippen molar-refractivity contribution in [3.05, 3.63) is 64.2 Å². The average molecular weight is 311 g/mol. The molecule has 7 nitrogen and oxygen atoms in total. The van der Waals surface area contributed by atoms with Gasteiger partial charge in [-0.05, 0) is 31.5 Å². The predicted molar refractivity (Wildman–Crippen MR) is 85.0 cm³/mol. The van der Waals surface area contributed by atoms with Crippen molar-refractivity contribution in [1.29, 1.82) is 0 Å². The quantitative estimate of drug-likeness (QED) is 0.781. The summed E-state index contributed by atoms with van der Waals surface area (Å²) in [6.45, 7) is 3.77. The molecular weight excluding hydrogens is 294 g/mol. The van der Waals surface area contributed by atoms with Gasteiger partial charge in [0.2, 0.25) is 5.91 Å². The van der Waals surface area contributed by atoms with E-state index >= 15 is 0 Å². The fourth-order valence-electron chi connectivity index (χ4n) is 2.33. The minimum Gasteiger partial charge on any atom is -0.348 e. The van der Waals surface area contributed by atoms with Gasteiger partial charge in [0.1, 0.15) is 6.54 Å². The second-order valence-electron chi connectivity index (χ2n) is 5.43. The number of hydrogen-bond donors (Lipinski definition) is 1. The van der Waals surface area contributed by atoms with Crippen LogP contribution in [0.2, 0.25) is 0 Å². The summed E-state index contributed by atoms with van der Waals surface area (Å²) in [7, 11) is 0. The summed E-state index contributed by atoms with van der Waals surface area (Å²) in [6.07, 6.45) is 1.50. The molecule has 0 aliphatic heterocycles. The normalized spacial score (nSPS) is 12.3. The largest absolute Gasteiger partial charge is 0.367 e. The van der Waals surface area contributed by atoms with Crippen LogP contribution in [0.1, 0.15) is 24.1 Å². The molecule has 0 saturated carbocycles. The van der Waals surface area contributed by atoms with Crippen molar-refractivity contribution in [2.45, 2.75) is 26.4 Å². The highest BCUT2D eigenvalue weighted by Gasteiger charge is 2.13. The summed E-state index contributed by atoms with van der Waals surface area (Å²) in [5.41, 5.74) is 2.15. The van der Waals surface area contributed by atoms with Crippen molar-refractivity contribution < 1.29 is 4.79 Å². The zero-order valence-corrected chi connectivity index (χ0v) is 12.9. The number of carbonyl (C=O) groups excluding carboxylic acids is 1. The maximum absolute atomic E-state index is 12.2. The lowest BCUT2D eigenvalue weighted by Crippen LogP contribution is -2.34. The first-order valence-electron chi connectivity index (χ1n) is 7.31. The number of amides is 1. The molecule has 0 aliphatic rings. The van der Waals surface area contributed by atoms with Gasteiger partial charge in [0, 0.05) is 6.20 Å². The van der Waals surface area contributed by atoms with Gasteiger partial charge < -0.3 is 5.32 Å². The molecule has 1 atom stereocenters. The monoisotopic (exact) mass is 311 g/mol. The molecule has 3 rings (SSSR count). The van der Waals surface area contributed by atoms with Crippen molar-refractivity contribution in [3.63, 3.8) is 0 Å². The van der Waals surface area contributed by atoms with Crippen LogP contribution in [0, 0.1) is 6.92 Å². The SMILES string of the molecule is Cc1ccc([C@H](C)NC(=O)Cn2nc3cccnn3c2=O)cc1. The zero-order chi connectivity index (χ0) is 16.4. The maximum atomic E-state index is 12.2. The van der Waals surface area contributed by atoms with Gasteiger partial charge in [0.25, 0.3) is 0 Å². The van der Waals surface area contributed by atoms with Gasteiger partial charge >= 0.3 is 5.69 Å². The number of nitrogens with zero attached hydrogens (tertiary/aromatic N) is 4. The summed E-state index contributed by atoms with van der Waals surface area (Å²) in [6, 6.07) is 11.1. The number of rotatable bonds is 4. The van der Waals surface area contributed by atoms with E-state index in [-0.39, 0.29) is 18.5 Å². The molecule has 2 aromatic heterocycles. The van der Waals surface area contributed by atoms with Gasteiger partial charge in [0.05, 0.1) is 6.04 Å². The fourth-order valence-corrected chi connectivity index (χ4v) is 2.33. The minimum atomic E-state index is -0.432. The van der Waals surface area contributed by atoms with E-state index in [2.05, 4.69) is 15.5 Å². The lowest BCUT2D eigenvalue weighted by molar-refractivity contribution is -0.122. The molecule has 1 N–H and O–H groups in total. The molecule has 0 spiro atoms. The lowest BCUT2D eigenvalue weighted by atomic mass is 10.1. The zero-order valence-electron chi connectivity index (χ0n) is 12.9. The van der Waals surface area contributed by atoms with Crippen LogP contribution in [0.3, 0.4) is 0 Å². The van der Waals surface area contributed by atoms with Gasteiger partial charge in [-0.25, -0.2) is 9.48 Å². The van der Waals surface area contributed by atoms with E-state index in [9.17, 15) is 9.59 Å². The average Bonchev–Trinajstić information content (AvgIpc) is 2.84. The van der Waals surface area contributed by atoms with Crippen LogP contribution in [0.5, 0.6) is 0 Å². The number of benzene rings is 1. The van der Waals surface area contributed by atoms with Crippen molar-refractivity contribution in [2.24, 2.45) is 0 Å². The van der Waals surface area contributed by atoms with Crippen LogP contribution < -0.4 is 11.0 Å². The number of carbonyl (C=O) groups is 1. The smallest absolute Gasteiger partial charge is 0.348 e. The molecule has 23 heavy (non-hydrogen) atoms. The molecule has 3 aromatic rings. The second-order valence-corrected chi connectivity index (χ2v) is 5.43. The Morgan fingerprint density at radius 1 is 1.26 bits per heavy atom. The predicted octanol–water partition coefficient (Wildman–Crippen LogP) is 1.08. The Bertz CT molecular complexity index is 895. The van der Waals surface area contributed by atoms with Gasteiger partial charge in [-0.3, -0.25) is 4.79 Å². The molecule has 0 aliphatic carbocycles. The number of fused-ring (bicyclic) bond motifs is 1. The van der Waals surface area contributed by atoms with Gasteiger partial charge in [-0.2, -0.15) is 9.61 Å². The highest BCUT2D eigenvalue weighted by molar-refractivity contribution is 5.76. The molecule has 0 fully saturated rings. The number of nitrogens with one attached hydrogen (secondary N) is 1. The summed E-state index contributed by atoms with van der Waals surface area (Å²) in [5, 5.41) is 10.9. The Morgan fingerprint density at radius 3 is 2.70 bits per heavy atom. The van der Waals surface area contributed by atoms with E-state index in [0.717, 1.165) is 20.3 Å². The Balaban J connectivity index is 1.72. The first-order valence-corrected chi connectivity index (χ1v) is 7.31. The number of aryl methyl sites for hydroxylation is 1. The van der Waals surface area contributed by atoms with Crippen molar-refractivity contribution in [2.75, 3.05) is 0 Å². The van der Waals surface area contributed by atoms with E-state index in [1.807, 2.05) is 38.1 Å². The van der Waals surface area contributed by atoms with E-state index in [1.54, 1.807) is 12.1 Å². The van der Waals surface area contributed by atoms with Crippen LogP contribution in [0.15, 0.2) is 47.4 Å². The molecule has 1 aromatic carbocycles.